The Labute approximate surface area is 180 Å². The zero-order valence-electron chi connectivity index (χ0n) is 16.1. The molecule has 1 N–H and O–H groups in total. The molecule has 0 atom stereocenters. The molecule has 8 heteroatoms. The molecule has 5 nitrogen and oxygen atoms in total. The Morgan fingerprint density at radius 1 is 1.24 bits per heavy atom. The molecule has 0 spiro atoms. The topological polar surface area (TPSA) is 64.1 Å². The van der Waals surface area contributed by atoms with Gasteiger partial charge in [-0.25, -0.2) is 9.97 Å². The Morgan fingerprint density at radius 3 is 3.03 bits per heavy atom. The minimum absolute atomic E-state index is 0.0165. The summed E-state index contributed by atoms with van der Waals surface area (Å²) >= 11 is 5.12. The largest absolute Gasteiger partial charge is 0.483 e. The molecule has 0 unspecified atom stereocenters. The van der Waals surface area contributed by atoms with Crippen LogP contribution in [0.15, 0.2) is 17.5 Å². The number of carbonyl (C=O) groups is 1. The number of carbonyl (C=O) groups excluding carboxylic acids is 1. The molecule has 4 aromatic rings. The van der Waals surface area contributed by atoms with E-state index in [0.29, 0.717) is 6.54 Å². The molecular weight excluding hydrogens is 422 g/mol. The number of thiophene rings is 1. The van der Waals surface area contributed by atoms with Crippen molar-refractivity contribution in [3.05, 3.63) is 38.1 Å². The predicted octanol–water partition coefficient (Wildman–Crippen LogP) is 4.89. The molecule has 0 radical (unpaired) electrons. The van der Waals surface area contributed by atoms with Crippen LogP contribution in [0.5, 0.6) is 5.75 Å². The van der Waals surface area contributed by atoms with Gasteiger partial charge >= 0.3 is 0 Å². The summed E-state index contributed by atoms with van der Waals surface area (Å²) in [5, 5.41) is 8.19. The van der Waals surface area contributed by atoms with Gasteiger partial charge in [-0.2, -0.15) is 0 Å². The average Bonchev–Trinajstić information content (AvgIpc) is 3.42. The first-order chi connectivity index (χ1) is 14.2. The van der Waals surface area contributed by atoms with E-state index in [-0.39, 0.29) is 12.5 Å². The Kier molecular flexibility index (Phi) is 5.24. The van der Waals surface area contributed by atoms with E-state index in [1.54, 1.807) is 34.0 Å². The van der Waals surface area contributed by atoms with Crippen LogP contribution in [0, 0.1) is 6.92 Å². The number of ether oxygens (including phenoxy) is 1. The lowest BCUT2D eigenvalue weighted by molar-refractivity contribution is -0.123. The minimum atomic E-state index is -0.102. The van der Waals surface area contributed by atoms with Crippen molar-refractivity contribution in [3.63, 3.8) is 0 Å². The van der Waals surface area contributed by atoms with Gasteiger partial charge in [-0.1, -0.05) is 0 Å². The molecule has 29 heavy (non-hydrogen) atoms. The molecular formula is C21H21N3O2S3. The monoisotopic (exact) mass is 443 g/mol. The summed E-state index contributed by atoms with van der Waals surface area (Å²) in [6, 6.07) is 4.04. The van der Waals surface area contributed by atoms with Gasteiger partial charge in [0.05, 0.1) is 30.6 Å². The highest BCUT2D eigenvalue weighted by molar-refractivity contribution is 7.21. The van der Waals surface area contributed by atoms with Crippen LogP contribution in [-0.4, -0.2) is 29.0 Å². The number of nitrogens with one attached hydrogen (secondary N) is 1. The van der Waals surface area contributed by atoms with Crippen LogP contribution in [0.25, 0.3) is 20.3 Å². The number of benzene rings is 1. The zero-order chi connectivity index (χ0) is 19.8. The lowest BCUT2D eigenvalue weighted by Gasteiger charge is -2.08. The summed E-state index contributed by atoms with van der Waals surface area (Å²) in [5.74, 6) is 0.649. The van der Waals surface area contributed by atoms with Crippen molar-refractivity contribution in [3.8, 4) is 5.75 Å². The van der Waals surface area contributed by atoms with E-state index in [0.717, 1.165) is 55.3 Å². The van der Waals surface area contributed by atoms with Crippen molar-refractivity contribution in [2.45, 2.75) is 39.0 Å². The van der Waals surface area contributed by atoms with Gasteiger partial charge < -0.3 is 10.1 Å². The van der Waals surface area contributed by atoms with E-state index < -0.39 is 0 Å². The Balaban J connectivity index is 1.19. The lowest BCUT2D eigenvalue weighted by Crippen LogP contribution is -2.30. The number of amides is 1. The van der Waals surface area contributed by atoms with E-state index in [4.69, 9.17) is 9.72 Å². The van der Waals surface area contributed by atoms with Gasteiger partial charge in [-0.3, -0.25) is 4.79 Å². The van der Waals surface area contributed by atoms with Crippen LogP contribution in [0.3, 0.4) is 0 Å². The zero-order valence-corrected chi connectivity index (χ0v) is 18.6. The van der Waals surface area contributed by atoms with Crippen molar-refractivity contribution in [2.24, 2.45) is 0 Å². The van der Waals surface area contributed by atoms with E-state index in [1.165, 1.54) is 23.4 Å². The normalized spacial score (nSPS) is 13.7. The van der Waals surface area contributed by atoms with Crippen LogP contribution in [0.2, 0.25) is 0 Å². The SMILES string of the molecule is Cc1nc2c(cc(OCC(=O)NCCc3nc4c(s3)CCCC4)c3ccsc32)s1. The third-order valence-electron chi connectivity index (χ3n) is 5.08. The second-order valence-electron chi connectivity index (χ2n) is 7.19. The molecule has 3 heterocycles. The summed E-state index contributed by atoms with van der Waals surface area (Å²) in [7, 11) is 0. The number of aryl methyl sites for hydroxylation is 3. The first kappa shape index (κ1) is 19.0. The minimum Gasteiger partial charge on any atom is -0.483 e. The first-order valence-electron chi connectivity index (χ1n) is 9.81. The Hall–Kier alpha value is -2.03. The smallest absolute Gasteiger partial charge is 0.257 e. The van der Waals surface area contributed by atoms with Gasteiger partial charge in [0, 0.05) is 29.3 Å². The number of hydrogen-bond acceptors (Lipinski definition) is 7. The van der Waals surface area contributed by atoms with Gasteiger partial charge in [-0.05, 0) is 44.1 Å². The second kappa shape index (κ2) is 8.01. The molecule has 150 valence electrons. The van der Waals surface area contributed by atoms with Crippen molar-refractivity contribution >= 4 is 60.2 Å². The fraction of sp³-hybridized carbons (Fsp3) is 0.381. The van der Waals surface area contributed by atoms with Gasteiger partial charge in [0.25, 0.3) is 5.91 Å². The summed E-state index contributed by atoms with van der Waals surface area (Å²) in [4.78, 5) is 23.1. The maximum Gasteiger partial charge on any atom is 0.257 e. The number of thiazole rings is 2. The average molecular weight is 444 g/mol. The standard InChI is InChI=1S/C21H21N3O2S3/c1-12-23-20-17(28-12)10-15(13-7-9-27-21(13)20)26-11-18(25)22-8-6-19-24-14-4-2-3-5-16(14)29-19/h7,9-10H,2-6,8,11H2,1H3,(H,22,25). The third kappa shape index (κ3) is 3.89. The molecule has 3 aromatic heterocycles. The number of fused-ring (bicyclic) bond motifs is 4. The van der Waals surface area contributed by atoms with E-state index in [2.05, 4.69) is 10.3 Å². The van der Waals surface area contributed by atoms with Crippen LogP contribution >= 0.6 is 34.0 Å². The highest BCUT2D eigenvalue weighted by atomic mass is 32.1. The van der Waals surface area contributed by atoms with Gasteiger partial charge in [0.15, 0.2) is 6.61 Å². The van der Waals surface area contributed by atoms with E-state index >= 15 is 0 Å². The number of rotatable bonds is 6. The van der Waals surface area contributed by atoms with Crippen molar-refractivity contribution in [2.75, 3.05) is 13.2 Å². The summed E-state index contributed by atoms with van der Waals surface area (Å²) in [6.45, 7) is 2.62. The number of hydrogen-bond donors (Lipinski definition) is 1. The molecule has 0 fully saturated rings. The molecule has 1 aromatic carbocycles. The van der Waals surface area contributed by atoms with Gasteiger partial charge in [0.1, 0.15) is 5.75 Å². The Morgan fingerprint density at radius 2 is 2.14 bits per heavy atom. The summed E-state index contributed by atoms with van der Waals surface area (Å²) in [5.41, 5.74) is 2.31. The van der Waals surface area contributed by atoms with Gasteiger partial charge in [0.2, 0.25) is 0 Å². The second-order valence-corrected chi connectivity index (χ2v) is 10.5. The van der Waals surface area contributed by atoms with Crippen molar-refractivity contribution in [1.29, 1.82) is 0 Å². The molecule has 0 saturated heterocycles. The fourth-order valence-electron chi connectivity index (χ4n) is 3.72. The van der Waals surface area contributed by atoms with Gasteiger partial charge in [-0.15, -0.1) is 34.0 Å². The van der Waals surface area contributed by atoms with E-state index in [1.807, 2.05) is 24.4 Å². The quantitative estimate of drug-likeness (QED) is 0.461. The van der Waals surface area contributed by atoms with E-state index in [9.17, 15) is 4.79 Å². The predicted molar refractivity (Wildman–Crippen MR) is 121 cm³/mol. The van der Waals surface area contributed by atoms with Crippen LogP contribution in [0.4, 0.5) is 0 Å². The third-order valence-corrected chi connectivity index (χ3v) is 8.13. The molecule has 0 aliphatic heterocycles. The summed E-state index contributed by atoms with van der Waals surface area (Å²) in [6.07, 6.45) is 5.56. The maximum atomic E-state index is 12.3. The molecule has 0 bridgehead atoms. The van der Waals surface area contributed by atoms with Crippen LogP contribution in [-0.2, 0) is 24.1 Å². The van der Waals surface area contributed by atoms with Crippen LogP contribution < -0.4 is 10.1 Å². The fourth-order valence-corrected chi connectivity index (χ4v) is 6.71. The number of aromatic nitrogens is 2. The highest BCUT2D eigenvalue weighted by Crippen LogP contribution is 2.38. The maximum absolute atomic E-state index is 12.3. The molecule has 0 saturated carbocycles. The van der Waals surface area contributed by atoms with Crippen molar-refractivity contribution in [1.82, 2.24) is 15.3 Å². The molecule has 5 rings (SSSR count). The Bertz CT molecular complexity index is 1170. The first-order valence-corrected chi connectivity index (χ1v) is 12.3. The van der Waals surface area contributed by atoms with Crippen molar-refractivity contribution < 1.29 is 9.53 Å². The highest BCUT2D eigenvalue weighted by Gasteiger charge is 2.16. The molecule has 1 aliphatic rings. The summed E-state index contributed by atoms with van der Waals surface area (Å²) < 4.78 is 8.10. The molecule has 1 amide bonds. The molecule has 1 aliphatic carbocycles. The lowest BCUT2D eigenvalue weighted by atomic mass is 10.0. The number of nitrogens with zero attached hydrogens (tertiary/aromatic N) is 2. The van der Waals surface area contributed by atoms with Crippen LogP contribution in [0.1, 0.15) is 33.4 Å².